The number of piperidine rings is 1. The summed E-state index contributed by atoms with van der Waals surface area (Å²) in [7, 11) is 0. The molecular formula is C15H17Br2N3O2. The SMILES string of the molecule is O=C1CC(NC(=O)c2ccncc2)C2CC(Br)CC(Br)C2N1. The summed E-state index contributed by atoms with van der Waals surface area (Å²) in [5, 5.41) is 6.10. The van der Waals surface area contributed by atoms with Crippen molar-refractivity contribution < 1.29 is 9.59 Å². The second-order valence-electron chi connectivity index (χ2n) is 5.86. The standard InChI is InChI=1S/C15H17Br2N3O2/c16-9-5-10-12(7-13(21)20-14(10)11(17)6-9)19-15(22)8-1-3-18-4-2-8/h1-4,9-12,14H,5-7H2,(H,19,22)(H,20,21). The van der Waals surface area contributed by atoms with E-state index in [2.05, 4.69) is 47.5 Å². The monoisotopic (exact) mass is 429 g/mol. The van der Waals surface area contributed by atoms with E-state index in [1.165, 1.54) is 0 Å². The van der Waals surface area contributed by atoms with Gasteiger partial charge in [-0.1, -0.05) is 31.9 Å². The normalized spacial score (nSPS) is 34.5. The molecular weight excluding hydrogens is 414 g/mol. The maximum Gasteiger partial charge on any atom is 0.251 e. The van der Waals surface area contributed by atoms with Crippen LogP contribution in [0.3, 0.4) is 0 Å². The van der Waals surface area contributed by atoms with Gasteiger partial charge in [0.1, 0.15) is 0 Å². The molecule has 22 heavy (non-hydrogen) atoms. The lowest BCUT2D eigenvalue weighted by atomic mass is 9.76. The zero-order valence-electron chi connectivity index (χ0n) is 11.8. The predicted molar refractivity (Wildman–Crippen MR) is 90.2 cm³/mol. The maximum absolute atomic E-state index is 12.4. The Kier molecular flexibility index (Phi) is 4.82. The summed E-state index contributed by atoms with van der Waals surface area (Å²) in [6, 6.07) is 3.28. The first-order valence-electron chi connectivity index (χ1n) is 7.33. The number of nitrogens with one attached hydrogen (secondary N) is 2. The molecule has 2 aliphatic rings. The van der Waals surface area contributed by atoms with Crippen molar-refractivity contribution in [3.63, 3.8) is 0 Å². The minimum atomic E-state index is -0.149. The molecule has 5 nitrogen and oxygen atoms in total. The lowest BCUT2D eigenvalue weighted by Gasteiger charge is -2.45. The number of rotatable bonds is 2. The van der Waals surface area contributed by atoms with Crippen molar-refractivity contribution in [1.82, 2.24) is 15.6 Å². The van der Waals surface area contributed by atoms with Gasteiger partial charge in [0.25, 0.3) is 5.91 Å². The smallest absolute Gasteiger partial charge is 0.251 e. The fourth-order valence-corrected chi connectivity index (χ4v) is 5.63. The second kappa shape index (κ2) is 6.66. The van der Waals surface area contributed by atoms with Gasteiger partial charge in [-0.25, -0.2) is 0 Å². The molecule has 0 spiro atoms. The summed E-state index contributed by atoms with van der Waals surface area (Å²) in [5.74, 6) is 0.0772. The van der Waals surface area contributed by atoms with Gasteiger partial charge >= 0.3 is 0 Å². The van der Waals surface area contributed by atoms with E-state index in [0.29, 0.717) is 16.8 Å². The quantitative estimate of drug-likeness (QED) is 0.705. The van der Waals surface area contributed by atoms with Gasteiger partial charge in [0.05, 0.1) is 0 Å². The Hall–Kier alpha value is -0.950. The molecule has 3 rings (SSSR count). The predicted octanol–water partition coefficient (Wildman–Crippen LogP) is 2.01. The molecule has 2 N–H and O–H groups in total. The first kappa shape index (κ1) is 15.9. The molecule has 1 saturated heterocycles. The van der Waals surface area contributed by atoms with Gasteiger partial charge in [-0.2, -0.15) is 0 Å². The largest absolute Gasteiger partial charge is 0.352 e. The number of alkyl halides is 2. The van der Waals surface area contributed by atoms with Gasteiger partial charge in [0.2, 0.25) is 5.91 Å². The highest BCUT2D eigenvalue weighted by atomic mass is 79.9. The van der Waals surface area contributed by atoms with E-state index in [0.717, 1.165) is 12.8 Å². The van der Waals surface area contributed by atoms with Crippen molar-refractivity contribution in [2.45, 2.75) is 41.0 Å². The molecule has 1 aromatic heterocycles. The van der Waals surface area contributed by atoms with Gasteiger partial charge in [-0.05, 0) is 25.0 Å². The van der Waals surface area contributed by atoms with E-state index in [4.69, 9.17) is 0 Å². The Balaban J connectivity index is 1.76. The Morgan fingerprint density at radius 3 is 2.73 bits per heavy atom. The molecule has 1 saturated carbocycles. The summed E-state index contributed by atoms with van der Waals surface area (Å²) in [6.07, 6.45) is 5.42. The van der Waals surface area contributed by atoms with Crippen LogP contribution in [0.1, 0.15) is 29.6 Å². The molecule has 7 heteroatoms. The first-order valence-corrected chi connectivity index (χ1v) is 9.16. The number of aromatic nitrogens is 1. The number of fused-ring (bicyclic) bond motifs is 1. The topological polar surface area (TPSA) is 71.1 Å². The molecule has 2 fully saturated rings. The minimum Gasteiger partial charge on any atom is -0.352 e. The van der Waals surface area contributed by atoms with Crippen molar-refractivity contribution in [1.29, 1.82) is 0 Å². The molecule has 2 amide bonds. The van der Waals surface area contributed by atoms with Crippen LogP contribution in [-0.4, -0.2) is 38.5 Å². The Morgan fingerprint density at radius 2 is 2.00 bits per heavy atom. The fourth-order valence-electron chi connectivity index (χ4n) is 3.32. The number of pyridine rings is 1. The van der Waals surface area contributed by atoms with Crippen molar-refractivity contribution in [3.05, 3.63) is 30.1 Å². The first-order chi connectivity index (χ1) is 10.5. The summed E-state index contributed by atoms with van der Waals surface area (Å²) in [6.45, 7) is 0. The molecule has 1 aliphatic heterocycles. The summed E-state index contributed by atoms with van der Waals surface area (Å²) in [5.41, 5.74) is 0.569. The molecule has 0 aromatic carbocycles. The van der Waals surface area contributed by atoms with Gasteiger partial charge in [0.15, 0.2) is 0 Å². The highest BCUT2D eigenvalue weighted by Crippen LogP contribution is 2.38. The van der Waals surface area contributed by atoms with Crippen LogP contribution in [0, 0.1) is 5.92 Å². The van der Waals surface area contributed by atoms with Crippen LogP contribution in [-0.2, 0) is 4.79 Å². The lowest BCUT2D eigenvalue weighted by molar-refractivity contribution is -0.125. The van der Waals surface area contributed by atoms with Crippen LogP contribution in [0.5, 0.6) is 0 Å². The molecule has 5 atom stereocenters. The van der Waals surface area contributed by atoms with E-state index in [9.17, 15) is 9.59 Å². The number of carbonyl (C=O) groups excluding carboxylic acids is 2. The summed E-state index contributed by atoms with van der Waals surface area (Å²) >= 11 is 7.35. The summed E-state index contributed by atoms with van der Waals surface area (Å²) in [4.78, 5) is 28.9. The molecule has 0 radical (unpaired) electrons. The van der Waals surface area contributed by atoms with Crippen molar-refractivity contribution in [2.75, 3.05) is 0 Å². The van der Waals surface area contributed by atoms with Crippen LogP contribution >= 0.6 is 31.9 Å². The van der Waals surface area contributed by atoms with E-state index in [1.807, 2.05) is 0 Å². The zero-order valence-corrected chi connectivity index (χ0v) is 15.0. The van der Waals surface area contributed by atoms with Crippen LogP contribution in [0.25, 0.3) is 0 Å². The summed E-state index contributed by atoms with van der Waals surface area (Å²) < 4.78 is 0. The Labute approximate surface area is 145 Å². The number of hydrogen-bond donors (Lipinski definition) is 2. The van der Waals surface area contributed by atoms with Crippen molar-refractivity contribution in [3.8, 4) is 0 Å². The highest BCUT2D eigenvalue weighted by Gasteiger charge is 2.44. The lowest BCUT2D eigenvalue weighted by Crippen LogP contribution is -2.62. The molecule has 2 heterocycles. The van der Waals surface area contributed by atoms with E-state index in [1.54, 1.807) is 24.5 Å². The maximum atomic E-state index is 12.4. The highest BCUT2D eigenvalue weighted by molar-refractivity contribution is 9.10. The molecule has 5 unspecified atom stereocenters. The van der Waals surface area contributed by atoms with Crippen LogP contribution < -0.4 is 10.6 Å². The van der Waals surface area contributed by atoms with Crippen molar-refractivity contribution >= 4 is 43.7 Å². The number of carbonyl (C=O) groups is 2. The molecule has 1 aromatic rings. The number of nitrogens with zero attached hydrogens (tertiary/aromatic N) is 1. The van der Waals surface area contributed by atoms with E-state index < -0.39 is 0 Å². The third-order valence-corrected chi connectivity index (χ3v) is 6.06. The molecule has 118 valence electrons. The number of amides is 2. The van der Waals surface area contributed by atoms with Crippen LogP contribution in [0.15, 0.2) is 24.5 Å². The minimum absolute atomic E-state index is 0.00116. The number of hydrogen-bond acceptors (Lipinski definition) is 3. The molecule has 1 aliphatic carbocycles. The van der Waals surface area contributed by atoms with E-state index >= 15 is 0 Å². The van der Waals surface area contributed by atoms with Gasteiger partial charge in [-0.3, -0.25) is 14.6 Å². The van der Waals surface area contributed by atoms with Gasteiger partial charge in [0, 0.05) is 52.0 Å². The van der Waals surface area contributed by atoms with E-state index in [-0.39, 0.29) is 34.6 Å². The molecule has 0 bridgehead atoms. The Morgan fingerprint density at radius 1 is 1.27 bits per heavy atom. The number of halogens is 2. The zero-order chi connectivity index (χ0) is 15.7. The third kappa shape index (κ3) is 3.35. The van der Waals surface area contributed by atoms with Crippen LogP contribution in [0.4, 0.5) is 0 Å². The average molecular weight is 431 g/mol. The average Bonchev–Trinajstić information content (AvgIpc) is 2.49. The van der Waals surface area contributed by atoms with Crippen LogP contribution in [0.2, 0.25) is 0 Å². The fraction of sp³-hybridized carbons (Fsp3) is 0.533. The van der Waals surface area contributed by atoms with Gasteiger partial charge in [-0.15, -0.1) is 0 Å². The Bertz CT molecular complexity index is 569. The second-order valence-corrected chi connectivity index (χ2v) is 8.33. The van der Waals surface area contributed by atoms with Crippen molar-refractivity contribution in [2.24, 2.45) is 5.92 Å². The van der Waals surface area contributed by atoms with Gasteiger partial charge < -0.3 is 10.6 Å². The third-order valence-electron chi connectivity index (χ3n) is 4.37.